The fraction of sp³-hybridized carbons (Fsp3) is 0.600. The van der Waals surface area contributed by atoms with Crippen molar-refractivity contribution in [1.82, 2.24) is 10.3 Å². The minimum absolute atomic E-state index is 0.0401. The predicted molar refractivity (Wildman–Crippen MR) is 63.3 cm³/mol. The van der Waals surface area contributed by atoms with Gasteiger partial charge in [0.2, 0.25) is 0 Å². The summed E-state index contributed by atoms with van der Waals surface area (Å²) < 4.78 is 0. The average molecular weight is 243 g/mol. The number of hydrogen-bond acceptors (Lipinski definition) is 5. The highest BCUT2D eigenvalue weighted by atomic mass is 32.1. The average Bonchev–Trinajstić information content (AvgIpc) is 2.64. The molecule has 16 heavy (non-hydrogen) atoms. The third kappa shape index (κ3) is 3.55. The number of nitrogens with two attached hydrogens (primary N) is 1. The molecule has 1 rings (SSSR count). The fourth-order valence-corrected chi connectivity index (χ4v) is 1.88. The maximum atomic E-state index is 11.8. The van der Waals surface area contributed by atoms with Gasteiger partial charge in [-0.3, -0.25) is 4.79 Å². The zero-order valence-electron chi connectivity index (χ0n) is 9.49. The van der Waals surface area contributed by atoms with Crippen LogP contribution in [-0.2, 0) is 6.54 Å². The van der Waals surface area contributed by atoms with Gasteiger partial charge in [-0.1, -0.05) is 0 Å². The summed E-state index contributed by atoms with van der Waals surface area (Å²) in [6.07, 6.45) is 0.507. The van der Waals surface area contributed by atoms with Gasteiger partial charge in [-0.15, -0.1) is 11.3 Å². The van der Waals surface area contributed by atoms with Crippen molar-refractivity contribution in [3.63, 3.8) is 0 Å². The number of nitrogens with zero attached hydrogens (tertiary/aromatic N) is 1. The number of amides is 1. The molecule has 0 aliphatic carbocycles. The summed E-state index contributed by atoms with van der Waals surface area (Å²) in [6, 6.07) is 0. The second-order valence-corrected chi connectivity index (χ2v) is 5.08. The Balaban J connectivity index is 2.65. The number of aliphatic hydroxyl groups is 1. The first-order valence-corrected chi connectivity index (χ1v) is 5.94. The van der Waals surface area contributed by atoms with Crippen molar-refractivity contribution in [2.75, 3.05) is 6.61 Å². The number of aromatic nitrogens is 1. The van der Waals surface area contributed by atoms with Gasteiger partial charge in [0.05, 0.1) is 0 Å². The number of carbonyl (C=O) groups excluding carboxylic acids is 1. The molecule has 0 saturated carbocycles. The Morgan fingerprint density at radius 1 is 1.69 bits per heavy atom. The molecule has 5 nitrogen and oxygen atoms in total. The van der Waals surface area contributed by atoms with E-state index in [0.29, 0.717) is 18.7 Å². The highest BCUT2D eigenvalue weighted by molar-refractivity contribution is 7.09. The van der Waals surface area contributed by atoms with Crippen LogP contribution in [0, 0.1) is 0 Å². The molecule has 1 amide bonds. The first-order chi connectivity index (χ1) is 7.48. The second kappa shape index (κ2) is 5.38. The van der Waals surface area contributed by atoms with Crippen LogP contribution in [0.3, 0.4) is 0 Å². The number of rotatable bonds is 5. The second-order valence-electron chi connectivity index (χ2n) is 4.14. The first-order valence-electron chi connectivity index (χ1n) is 5.06. The van der Waals surface area contributed by atoms with Gasteiger partial charge in [-0.25, -0.2) is 4.98 Å². The molecule has 0 atom stereocenters. The molecule has 0 spiro atoms. The van der Waals surface area contributed by atoms with E-state index in [-0.39, 0.29) is 12.5 Å². The number of aliphatic hydroxyl groups excluding tert-OH is 1. The largest absolute Gasteiger partial charge is 0.396 e. The van der Waals surface area contributed by atoms with Gasteiger partial charge in [-0.2, -0.15) is 0 Å². The Kier molecular flexibility index (Phi) is 4.40. The molecular weight excluding hydrogens is 226 g/mol. The van der Waals surface area contributed by atoms with Crippen LogP contribution in [0.15, 0.2) is 5.38 Å². The summed E-state index contributed by atoms with van der Waals surface area (Å²) in [5.41, 5.74) is 5.37. The van der Waals surface area contributed by atoms with Crippen molar-refractivity contribution in [3.05, 3.63) is 16.1 Å². The fourth-order valence-electron chi connectivity index (χ4n) is 1.22. The monoisotopic (exact) mass is 243 g/mol. The molecule has 0 radical (unpaired) electrons. The van der Waals surface area contributed by atoms with Gasteiger partial charge >= 0.3 is 0 Å². The molecule has 0 unspecified atom stereocenters. The van der Waals surface area contributed by atoms with Crippen molar-refractivity contribution in [1.29, 1.82) is 0 Å². The van der Waals surface area contributed by atoms with Crippen LogP contribution in [0.4, 0.5) is 0 Å². The normalized spacial score (nSPS) is 11.5. The van der Waals surface area contributed by atoms with E-state index in [2.05, 4.69) is 10.3 Å². The molecule has 0 aliphatic rings. The molecule has 0 saturated heterocycles. The van der Waals surface area contributed by atoms with Crippen LogP contribution >= 0.6 is 11.3 Å². The topological polar surface area (TPSA) is 88.2 Å². The standard InChI is InChI=1S/C10H17N3O2S/c1-10(2,3-4-14)13-9(15)7-6-16-8(5-11)12-7/h6,14H,3-5,11H2,1-2H3,(H,13,15). The molecule has 4 N–H and O–H groups in total. The molecular formula is C10H17N3O2S. The first kappa shape index (κ1) is 13.1. The molecule has 0 aromatic carbocycles. The summed E-state index contributed by atoms with van der Waals surface area (Å²) in [5, 5.41) is 14.1. The highest BCUT2D eigenvalue weighted by Crippen LogP contribution is 2.12. The molecule has 1 aromatic heterocycles. The van der Waals surface area contributed by atoms with Crippen molar-refractivity contribution < 1.29 is 9.90 Å². The maximum Gasteiger partial charge on any atom is 0.271 e. The van der Waals surface area contributed by atoms with Gasteiger partial charge in [0, 0.05) is 24.1 Å². The van der Waals surface area contributed by atoms with E-state index in [1.807, 2.05) is 13.8 Å². The van der Waals surface area contributed by atoms with E-state index in [0.717, 1.165) is 5.01 Å². The number of thiazole rings is 1. The molecule has 90 valence electrons. The van der Waals surface area contributed by atoms with Crippen molar-refractivity contribution in [2.45, 2.75) is 32.4 Å². The van der Waals surface area contributed by atoms with E-state index in [1.165, 1.54) is 11.3 Å². The maximum absolute atomic E-state index is 11.8. The lowest BCUT2D eigenvalue weighted by Gasteiger charge is -2.24. The van der Waals surface area contributed by atoms with Crippen LogP contribution in [0.25, 0.3) is 0 Å². The molecule has 0 aliphatic heterocycles. The van der Waals surface area contributed by atoms with Crippen molar-refractivity contribution in [3.8, 4) is 0 Å². The van der Waals surface area contributed by atoms with Crippen LogP contribution in [-0.4, -0.2) is 28.1 Å². The molecule has 0 bridgehead atoms. The Labute approximate surface area is 98.7 Å². The zero-order chi connectivity index (χ0) is 12.2. The SMILES string of the molecule is CC(C)(CCO)NC(=O)c1csc(CN)n1. The quantitative estimate of drug-likeness (QED) is 0.702. The summed E-state index contributed by atoms with van der Waals surface area (Å²) >= 11 is 1.37. The number of hydrogen-bond donors (Lipinski definition) is 3. The predicted octanol–water partition coefficient (Wildman–Crippen LogP) is 0.493. The summed E-state index contributed by atoms with van der Waals surface area (Å²) in [6.45, 7) is 4.10. The molecule has 0 fully saturated rings. The van der Waals surface area contributed by atoms with E-state index in [1.54, 1.807) is 5.38 Å². The van der Waals surface area contributed by atoms with E-state index in [4.69, 9.17) is 10.8 Å². The Morgan fingerprint density at radius 2 is 2.38 bits per heavy atom. The minimum atomic E-state index is -0.432. The smallest absolute Gasteiger partial charge is 0.271 e. The minimum Gasteiger partial charge on any atom is -0.396 e. The summed E-state index contributed by atoms with van der Waals surface area (Å²) in [4.78, 5) is 15.9. The van der Waals surface area contributed by atoms with E-state index in [9.17, 15) is 4.79 Å². The number of nitrogens with one attached hydrogen (secondary N) is 1. The van der Waals surface area contributed by atoms with Gasteiger partial charge in [-0.05, 0) is 20.3 Å². The van der Waals surface area contributed by atoms with Gasteiger partial charge in [0.1, 0.15) is 10.7 Å². The van der Waals surface area contributed by atoms with Crippen molar-refractivity contribution in [2.24, 2.45) is 5.73 Å². The molecule has 6 heteroatoms. The van der Waals surface area contributed by atoms with Crippen LogP contribution < -0.4 is 11.1 Å². The van der Waals surface area contributed by atoms with Crippen LogP contribution in [0.2, 0.25) is 0 Å². The lowest BCUT2D eigenvalue weighted by Crippen LogP contribution is -2.44. The Bertz CT molecular complexity index is 363. The summed E-state index contributed by atoms with van der Waals surface area (Å²) in [5.74, 6) is -0.227. The molecule has 1 heterocycles. The van der Waals surface area contributed by atoms with Crippen LogP contribution in [0.1, 0.15) is 35.8 Å². The molecule has 1 aromatic rings. The van der Waals surface area contributed by atoms with Gasteiger partial charge < -0.3 is 16.2 Å². The van der Waals surface area contributed by atoms with Gasteiger partial charge in [0.15, 0.2) is 0 Å². The lowest BCUT2D eigenvalue weighted by atomic mass is 10.0. The highest BCUT2D eigenvalue weighted by Gasteiger charge is 2.21. The zero-order valence-corrected chi connectivity index (χ0v) is 10.3. The van der Waals surface area contributed by atoms with Crippen LogP contribution in [0.5, 0.6) is 0 Å². The third-order valence-electron chi connectivity index (χ3n) is 2.15. The lowest BCUT2D eigenvalue weighted by molar-refractivity contribution is 0.0895. The van der Waals surface area contributed by atoms with Gasteiger partial charge in [0.25, 0.3) is 5.91 Å². The van der Waals surface area contributed by atoms with Crippen molar-refractivity contribution >= 4 is 17.2 Å². The Morgan fingerprint density at radius 3 is 2.88 bits per heavy atom. The number of carbonyl (C=O) groups is 1. The third-order valence-corrected chi connectivity index (χ3v) is 3.02. The van der Waals surface area contributed by atoms with E-state index >= 15 is 0 Å². The van der Waals surface area contributed by atoms with E-state index < -0.39 is 5.54 Å². The Hall–Kier alpha value is -0.980. The summed E-state index contributed by atoms with van der Waals surface area (Å²) in [7, 11) is 0.